The van der Waals surface area contributed by atoms with Gasteiger partial charge in [-0.3, -0.25) is 0 Å². The van der Waals surface area contributed by atoms with Gasteiger partial charge >= 0.3 is 0 Å². The van der Waals surface area contributed by atoms with Crippen molar-refractivity contribution in [1.82, 2.24) is 0 Å². The minimum atomic E-state index is -0.488. The van der Waals surface area contributed by atoms with Gasteiger partial charge in [-0.15, -0.1) is 0 Å². The predicted molar refractivity (Wildman–Crippen MR) is 76.9 cm³/mol. The van der Waals surface area contributed by atoms with Crippen LogP contribution in [-0.2, 0) is 0 Å². The highest BCUT2D eigenvalue weighted by Crippen LogP contribution is 2.31. The van der Waals surface area contributed by atoms with E-state index in [-0.39, 0.29) is 5.83 Å². The smallest absolute Gasteiger partial charge is 0.122 e. The van der Waals surface area contributed by atoms with E-state index in [0.717, 1.165) is 29.2 Å². The zero-order chi connectivity index (χ0) is 14.3. The van der Waals surface area contributed by atoms with Gasteiger partial charge < -0.3 is 5.41 Å². The van der Waals surface area contributed by atoms with Crippen LogP contribution in [0.25, 0.3) is 0 Å². The first-order chi connectivity index (χ1) is 9.10. The van der Waals surface area contributed by atoms with Crippen LogP contribution in [0.1, 0.15) is 26.2 Å². The number of nitrogens with one attached hydrogen (secondary N) is 1. The van der Waals surface area contributed by atoms with E-state index in [2.05, 4.69) is 6.58 Å². The number of hydrogen-bond donors (Lipinski definition) is 1. The van der Waals surface area contributed by atoms with Gasteiger partial charge in [-0.05, 0) is 55.1 Å². The van der Waals surface area contributed by atoms with E-state index in [9.17, 15) is 8.78 Å². The van der Waals surface area contributed by atoms with Crippen LogP contribution in [0.3, 0.4) is 0 Å². The fourth-order valence-corrected chi connectivity index (χ4v) is 2.05. The lowest BCUT2D eigenvalue weighted by Gasteiger charge is -2.05. The summed E-state index contributed by atoms with van der Waals surface area (Å²) in [6.07, 6.45) is 9.47. The van der Waals surface area contributed by atoms with Gasteiger partial charge in [0.15, 0.2) is 0 Å². The second-order valence-corrected chi connectivity index (χ2v) is 4.37. The molecule has 0 aliphatic heterocycles. The Hall–Kier alpha value is -1.77. The fraction of sp³-hybridized carbons (Fsp3) is 0.312. The molecule has 0 aromatic carbocycles. The molecule has 1 rings (SSSR count). The molecule has 1 aliphatic carbocycles. The number of rotatable bonds is 6. The van der Waals surface area contributed by atoms with Crippen LogP contribution in [0.5, 0.6) is 0 Å². The van der Waals surface area contributed by atoms with Crippen molar-refractivity contribution in [2.75, 3.05) is 6.67 Å². The van der Waals surface area contributed by atoms with Crippen molar-refractivity contribution in [3.63, 3.8) is 0 Å². The van der Waals surface area contributed by atoms with Gasteiger partial charge in [0.25, 0.3) is 0 Å². The summed E-state index contributed by atoms with van der Waals surface area (Å²) in [5.74, 6) is -0.383. The Morgan fingerprint density at radius 1 is 1.32 bits per heavy atom. The maximum atomic E-state index is 13.0. The van der Waals surface area contributed by atoms with Crippen molar-refractivity contribution in [2.24, 2.45) is 0 Å². The zero-order valence-corrected chi connectivity index (χ0v) is 11.2. The Morgan fingerprint density at radius 3 is 2.68 bits per heavy atom. The molecule has 0 fully saturated rings. The topological polar surface area (TPSA) is 23.9 Å². The van der Waals surface area contributed by atoms with Gasteiger partial charge in [0.05, 0.1) is 0 Å². The summed E-state index contributed by atoms with van der Waals surface area (Å²) in [6.45, 7) is 4.76. The Balaban J connectivity index is 2.96. The molecule has 1 N–H and O–H groups in total. The molecule has 1 aliphatic rings. The van der Waals surface area contributed by atoms with Gasteiger partial charge in [0, 0.05) is 5.71 Å². The maximum Gasteiger partial charge on any atom is 0.122 e. The molecule has 3 heteroatoms. The van der Waals surface area contributed by atoms with Gasteiger partial charge in [-0.2, -0.15) is 0 Å². The summed E-state index contributed by atoms with van der Waals surface area (Å²) in [5.41, 5.74) is 3.55. The Labute approximate surface area is 113 Å². The van der Waals surface area contributed by atoms with E-state index >= 15 is 0 Å². The molecule has 0 aromatic heterocycles. The van der Waals surface area contributed by atoms with Crippen LogP contribution in [0.2, 0.25) is 0 Å². The highest BCUT2D eigenvalue weighted by atomic mass is 19.1. The molecule has 19 heavy (non-hydrogen) atoms. The molecule has 0 amide bonds. The second kappa shape index (κ2) is 7.62. The first-order valence-corrected chi connectivity index (χ1v) is 6.27. The predicted octanol–water partition coefficient (Wildman–Crippen LogP) is 5.00. The average molecular weight is 263 g/mol. The molecular formula is C16H19F2N. The quantitative estimate of drug-likeness (QED) is 0.515. The molecule has 0 saturated heterocycles. The molecule has 0 atom stereocenters. The fourth-order valence-electron chi connectivity index (χ4n) is 2.05. The number of halogens is 2. The molecule has 0 saturated carbocycles. The lowest BCUT2D eigenvalue weighted by atomic mass is 10.0. The van der Waals surface area contributed by atoms with Gasteiger partial charge in [0.1, 0.15) is 12.5 Å². The summed E-state index contributed by atoms with van der Waals surface area (Å²) in [6, 6.07) is 0. The van der Waals surface area contributed by atoms with Gasteiger partial charge in [-0.1, -0.05) is 24.8 Å². The Kier molecular flexibility index (Phi) is 6.13. The first kappa shape index (κ1) is 15.3. The van der Waals surface area contributed by atoms with Crippen molar-refractivity contribution in [1.29, 1.82) is 5.41 Å². The molecule has 0 unspecified atom stereocenters. The van der Waals surface area contributed by atoms with Crippen LogP contribution in [-0.4, -0.2) is 12.4 Å². The minimum absolute atomic E-state index is 0.383. The summed E-state index contributed by atoms with van der Waals surface area (Å²) in [4.78, 5) is 0. The van der Waals surface area contributed by atoms with Gasteiger partial charge in [-0.25, -0.2) is 8.78 Å². The Morgan fingerprint density at radius 2 is 2.05 bits per heavy atom. The molecule has 0 spiro atoms. The standard InChI is InChI=1S/C16H19F2N/c1-3-13(18)8-7-12(2)14-9-10-16(19)15(14)6-4-5-11-17/h3-5,7-8,19H,1,6,9-11H2,2H3/b5-4-,12-7+,13-8+,19-16?. The lowest BCUT2D eigenvalue weighted by Crippen LogP contribution is -1.94. The third-order valence-electron chi connectivity index (χ3n) is 3.09. The molecule has 0 radical (unpaired) electrons. The molecular weight excluding hydrogens is 244 g/mol. The normalized spacial score (nSPS) is 17.7. The highest BCUT2D eigenvalue weighted by Gasteiger charge is 2.19. The van der Waals surface area contributed by atoms with E-state index < -0.39 is 6.67 Å². The summed E-state index contributed by atoms with van der Waals surface area (Å²) >= 11 is 0. The first-order valence-electron chi connectivity index (χ1n) is 6.27. The van der Waals surface area contributed by atoms with Crippen LogP contribution in [0, 0.1) is 5.41 Å². The summed E-state index contributed by atoms with van der Waals surface area (Å²) < 4.78 is 25.0. The van der Waals surface area contributed by atoms with Crippen LogP contribution < -0.4 is 0 Å². The van der Waals surface area contributed by atoms with Crippen LogP contribution >= 0.6 is 0 Å². The highest BCUT2D eigenvalue weighted by molar-refractivity contribution is 6.02. The maximum absolute atomic E-state index is 13.0. The number of alkyl halides is 1. The second-order valence-electron chi connectivity index (χ2n) is 4.37. The van der Waals surface area contributed by atoms with E-state index in [4.69, 9.17) is 5.41 Å². The summed E-state index contributed by atoms with van der Waals surface area (Å²) in [7, 11) is 0. The van der Waals surface area contributed by atoms with E-state index in [1.165, 1.54) is 12.2 Å². The monoisotopic (exact) mass is 263 g/mol. The van der Waals surface area contributed by atoms with Crippen LogP contribution in [0.15, 0.2) is 59.5 Å². The molecule has 1 nitrogen and oxygen atoms in total. The largest absolute Gasteiger partial charge is 0.305 e. The average Bonchev–Trinajstić information content (AvgIpc) is 2.77. The van der Waals surface area contributed by atoms with Crippen molar-refractivity contribution < 1.29 is 8.78 Å². The Bertz CT molecular complexity index is 479. The molecule has 0 aromatic rings. The van der Waals surface area contributed by atoms with Crippen molar-refractivity contribution >= 4 is 5.71 Å². The zero-order valence-electron chi connectivity index (χ0n) is 11.2. The third-order valence-corrected chi connectivity index (χ3v) is 3.09. The van der Waals surface area contributed by atoms with E-state index in [1.807, 2.05) is 6.92 Å². The van der Waals surface area contributed by atoms with E-state index in [1.54, 1.807) is 12.2 Å². The number of hydrogen-bond acceptors (Lipinski definition) is 1. The molecule has 102 valence electrons. The molecule has 0 heterocycles. The van der Waals surface area contributed by atoms with E-state index in [0.29, 0.717) is 18.6 Å². The molecule has 0 bridgehead atoms. The van der Waals surface area contributed by atoms with Crippen molar-refractivity contribution in [3.05, 3.63) is 59.5 Å². The SMILES string of the molecule is C=C/C(F)=C\C=C(/C)C1=C(C/C=C\CF)C(=N)CC1. The minimum Gasteiger partial charge on any atom is -0.305 e. The third kappa shape index (κ3) is 4.43. The van der Waals surface area contributed by atoms with Crippen molar-refractivity contribution in [3.8, 4) is 0 Å². The van der Waals surface area contributed by atoms with Crippen LogP contribution in [0.4, 0.5) is 8.78 Å². The van der Waals surface area contributed by atoms with Crippen molar-refractivity contribution in [2.45, 2.75) is 26.2 Å². The van der Waals surface area contributed by atoms with Gasteiger partial charge in [0.2, 0.25) is 0 Å². The number of allylic oxidation sites excluding steroid dienone is 9. The lowest BCUT2D eigenvalue weighted by molar-refractivity contribution is 0.561. The summed E-state index contributed by atoms with van der Waals surface area (Å²) in [5, 5.41) is 7.90.